The van der Waals surface area contributed by atoms with Crippen LogP contribution >= 0.6 is 0 Å². The highest BCUT2D eigenvalue weighted by Gasteiger charge is 2.40. The van der Waals surface area contributed by atoms with Crippen LogP contribution in [0.25, 0.3) is 0 Å². The zero-order chi connectivity index (χ0) is 17.3. The summed E-state index contributed by atoms with van der Waals surface area (Å²) >= 11 is 0. The molecule has 1 fully saturated rings. The van der Waals surface area contributed by atoms with Crippen LogP contribution in [0.15, 0.2) is 12.3 Å². The van der Waals surface area contributed by atoms with Crippen LogP contribution in [0.1, 0.15) is 18.5 Å². The number of likely N-dealkylation sites (tertiary alicyclic amines) is 1. The molecule has 2 aliphatic rings. The highest BCUT2D eigenvalue weighted by Crippen LogP contribution is 2.28. The molecule has 1 unspecified atom stereocenters. The number of aromatic nitrogens is 2. The molecule has 1 amide bonds. The molecular formula is C16H25F2N5O. The van der Waals surface area contributed by atoms with Gasteiger partial charge in [0.25, 0.3) is 5.92 Å². The Morgan fingerprint density at radius 1 is 1.42 bits per heavy atom. The normalized spacial score (nSPS) is 24.2. The summed E-state index contributed by atoms with van der Waals surface area (Å²) in [5.74, 6) is -2.57. The number of fused-ring (bicyclic) bond motifs is 1. The Hall–Kier alpha value is -1.54. The topological polar surface area (TPSA) is 44.6 Å². The first-order chi connectivity index (χ1) is 11.3. The first-order valence-electron chi connectivity index (χ1n) is 8.39. The first kappa shape index (κ1) is 17.3. The van der Waals surface area contributed by atoms with E-state index in [9.17, 15) is 13.6 Å². The highest BCUT2D eigenvalue weighted by atomic mass is 19.3. The summed E-state index contributed by atoms with van der Waals surface area (Å²) in [5.41, 5.74) is 0.997. The van der Waals surface area contributed by atoms with Gasteiger partial charge in [0.05, 0.1) is 25.3 Å². The first-order valence-corrected chi connectivity index (χ1v) is 8.39. The van der Waals surface area contributed by atoms with E-state index in [1.54, 1.807) is 11.1 Å². The van der Waals surface area contributed by atoms with E-state index in [4.69, 9.17) is 0 Å². The molecule has 1 aromatic heterocycles. The van der Waals surface area contributed by atoms with Crippen molar-refractivity contribution in [2.24, 2.45) is 0 Å². The van der Waals surface area contributed by atoms with E-state index in [0.29, 0.717) is 32.7 Å². The monoisotopic (exact) mass is 341 g/mol. The molecule has 24 heavy (non-hydrogen) atoms. The summed E-state index contributed by atoms with van der Waals surface area (Å²) in [6.45, 7) is 2.21. The summed E-state index contributed by atoms with van der Waals surface area (Å²) in [4.78, 5) is 18.2. The predicted octanol–water partition coefficient (Wildman–Crippen LogP) is 0.887. The third-order valence-corrected chi connectivity index (χ3v) is 4.74. The summed E-state index contributed by atoms with van der Waals surface area (Å²) in [7, 11) is 3.71. The third-order valence-electron chi connectivity index (χ3n) is 4.74. The number of likely N-dealkylation sites (N-methyl/N-ethyl adjacent to an activating group) is 1. The van der Waals surface area contributed by atoms with Gasteiger partial charge >= 0.3 is 0 Å². The number of alkyl halides is 2. The van der Waals surface area contributed by atoms with Gasteiger partial charge in [0.2, 0.25) is 5.91 Å². The summed E-state index contributed by atoms with van der Waals surface area (Å²) < 4.78 is 28.9. The molecule has 0 aliphatic carbocycles. The van der Waals surface area contributed by atoms with Crippen LogP contribution in [-0.2, 0) is 17.9 Å². The molecule has 0 N–H and O–H groups in total. The lowest BCUT2D eigenvalue weighted by Crippen LogP contribution is -2.48. The molecule has 3 heterocycles. The molecule has 6 nitrogen and oxygen atoms in total. The Labute approximate surface area is 141 Å². The second kappa shape index (κ2) is 6.76. The molecule has 8 heteroatoms. The quantitative estimate of drug-likeness (QED) is 0.816. The van der Waals surface area contributed by atoms with Gasteiger partial charge < -0.3 is 9.80 Å². The van der Waals surface area contributed by atoms with E-state index in [2.05, 4.69) is 5.10 Å². The van der Waals surface area contributed by atoms with Gasteiger partial charge in [0, 0.05) is 38.3 Å². The third kappa shape index (κ3) is 3.92. The number of carbonyl (C=O) groups is 1. The molecule has 0 spiro atoms. The largest absolute Gasteiger partial charge is 0.331 e. The molecule has 2 aliphatic heterocycles. The van der Waals surface area contributed by atoms with Crippen LogP contribution in [0, 0.1) is 0 Å². The van der Waals surface area contributed by atoms with E-state index in [-0.39, 0.29) is 24.9 Å². The minimum Gasteiger partial charge on any atom is -0.331 e. The number of hydrogen-bond donors (Lipinski definition) is 0. The maximum Gasteiger partial charge on any atom is 0.261 e. The van der Waals surface area contributed by atoms with Gasteiger partial charge in [0.1, 0.15) is 0 Å². The van der Waals surface area contributed by atoms with E-state index < -0.39 is 5.92 Å². The fraction of sp³-hybridized carbons (Fsp3) is 0.750. The minimum atomic E-state index is -2.60. The smallest absolute Gasteiger partial charge is 0.261 e. The van der Waals surface area contributed by atoms with Gasteiger partial charge in [-0.1, -0.05) is 0 Å². The lowest BCUT2D eigenvalue weighted by atomic mass is 10.1. The molecule has 1 saturated heterocycles. The van der Waals surface area contributed by atoms with Gasteiger partial charge in [-0.2, -0.15) is 5.10 Å². The van der Waals surface area contributed by atoms with Crippen molar-refractivity contribution >= 4 is 5.91 Å². The van der Waals surface area contributed by atoms with Gasteiger partial charge in [0.15, 0.2) is 0 Å². The number of nitrogens with zero attached hydrogens (tertiary/aromatic N) is 5. The molecule has 0 radical (unpaired) electrons. The number of carbonyl (C=O) groups excluding carboxylic acids is 1. The molecule has 1 aromatic rings. The number of aryl methyl sites for hydroxylation is 1. The number of amides is 1. The van der Waals surface area contributed by atoms with Crippen molar-refractivity contribution in [2.45, 2.75) is 37.9 Å². The van der Waals surface area contributed by atoms with E-state index in [0.717, 1.165) is 12.1 Å². The summed E-state index contributed by atoms with van der Waals surface area (Å²) in [5, 5.41) is 4.30. The fourth-order valence-corrected chi connectivity index (χ4v) is 3.53. The van der Waals surface area contributed by atoms with Crippen LogP contribution in [0.5, 0.6) is 0 Å². The predicted molar refractivity (Wildman–Crippen MR) is 85.7 cm³/mol. The highest BCUT2D eigenvalue weighted by molar-refractivity contribution is 5.78. The Morgan fingerprint density at radius 2 is 2.21 bits per heavy atom. The molecule has 0 bridgehead atoms. The second-order valence-electron chi connectivity index (χ2n) is 7.09. The Kier molecular flexibility index (Phi) is 4.87. The maximum atomic E-state index is 13.5. The Balaban J connectivity index is 1.74. The van der Waals surface area contributed by atoms with E-state index in [1.807, 2.05) is 34.6 Å². The Morgan fingerprint density at radius 3 is 2.88 bits per heavy atom. The van der Waals surface area contributed by atoms with Crippen LogP contribution < -0.4 is 0 Å². The minimum absolute atomic E-state index is 0.0330. The van der Waals surface area contributed by atoms with Crippen molar-refractivity contribution in [3.8, 4) is 0 Å². The van der Waals surface area contributed by atoms with Crippen molar-refractivity contribution in [2.75, 3.05) is 40.3 Å². The van der Waals surface area contributed by atoms with Gasteiger partial charge in [-0.05, 0) is 26.6 Å². The van der Waals surface area contributed by atoms with Crippen molar-refractivity contribution in [1.29, 1.82) is 0 Å². The average Bonchev–Trinajstić information content (AvgIpc) is 3.02. The Bertz CT molecular complexity index is 589. The second-order valence-corrected chi connectivity index (χ2v) is 7.09. The molecular weight excluding hydrogens is 316 g/mol. The zero-order valence-electron chi connectivity index (χ0n) is 14.3. The lowest BCUT2D eigenvalue weighted by molar-refractivity contribution is -0.135. The lowest BCUT2D eigenvalue weighted by Gasteiger charge is -2.33. The molecule has 0 saturated carbocycles. The van der Waals surface area contributed by atoms with Crippen LogP contribution in [-0.4, -0.2) is 82.6 Å². The van der Waals surface area contributed by atoms with Crippen LogP contribution in [0.2, 0.25) is 0 Å². The summed E-state index contributed by atoms with van der Waals surface area (Å²) in [6, 6.07) is 1.86. The molecule has 1 atom stereocenters. The molecule has 3 rings (SSSR count). The SMILES string of the molecule is CN(C)CC(=O)N1Cc2ccnn2CCC1CN1CCC(F)(F)C1. The van der Waals surface area contributed by atoms with Crippen molar-refractivity contribution in [3.63, 3.8) is 0 Å². The average molecular weight is 341 g/mol. The van der Waals surface area contributed by atoms with Crippen molar-refractivity contribution in [1.82, 2.24) is 24.5 Å². The standard InChI is InChI=1S/C16H25F2N5O/c1-20(2)11-15(24)22-10-14-3-6-19-23(14)7-4-13(22)9-21-8-5-16(17,18)12-21/h3,6,13H,4-5,7-12H2,1-2H3. The van der Waals surface area contributed by atoms with E-state index in [1.165, 1.54) is 0 Å². The molecule has 0 aromatic carbocycles. The number of hydrogen-bond acceptors (Lipinski definition) is 4. The zero-order valence-corrected chi connectivity index (χ0v) is 14.3. The van der Waals surface area contributed by atoms with Crippen molar-refractivity contribution in [3.05, 3.63) is 18.0 Å². The molecule has 134 valence electrons. The number of rotatable bonds is 4. The van der Waals surface area contributed by atoms with Gasteiger partial charge in [-0.15, -0.1) is 0 Å². The van der Waals surface area contributed by atoms with Crippen LogP contribution in [0.3, 0.4) is 0 Å². The van der Waals surface area contributed by atoms with Gasteiger partial charge in [-0.25, -0.2) is 8.78 Å². The van der Waals surface area contributed by atoms with Crippen molar-refractivity contribution < 1.29 is 13.6 Å². The summed E-state index contributed by atoms with van der Waals surface area (Å²) in [6.07, 6.45) is 2.38. The fourth-order valence-electron chi connectivity index (χ4n) is 3.53. The van der Waals surface area contributed by atoms with Gasteiger partial charge in [-0.3, -0.25) is 14.4 Å². The number of halogens is 2. The van der Waals surface area contributed by atoms with E-state index >= 15 is 0 Å². The van der Waals surface area contributed by atoms with Crippen LogP contribution in [0.4, 0.5) is 8.78 Å². The maximum absolute atomic E-state index is 13.5.